The molecular weight excluding hydrogens is 274 g/mol. The highest BCUT2D eigenvalue weighted by Crippen LogP contribution is 2.37. The highest BCUT2D eigenvalue weighted by molar-refractivity contribution is 7.10. The Balaban J connectivity index is 2.84. The Kier molecular flexibility index (Phi) is 5.21. The first-order valence-corrected chi connectivity index (χ1v) is 7.69. The van der Waals surface area contributed by atoms with Crippen molar-refractivity contribution in [1.29, 1.82) is 0 Å². The second kappa shape index (κ2) is 6.14. The second-order valence-corrected chi connectivity index (χ2v) is 7.58. The third-order valence-electron chi connectivity index (χ3n) is 2.60. The Bertz CT molecular complexity index is 458. The lowest BCUT2D eigenvalue weighted by Gasteiger charge is -2.26. The fourth-order valence-electron chi connectivity index (χ4n) is 2.13. The summed E-state index contributed by atoms with van der Waals surface area (Å²) in [5.74, 6) is 0.362. The van der Waals surface area contributed by atoms with E-state index in [1.165, 1.54) is 11.3 Å². The van der Waals surface area contributed by atoms with E-state index < -0.39 is 17.3 Å². The number of anilines is 1. The second-order valence-electron chi connectivity index (χ2n) is 6.66. The van der Waals surface area contributed by atoms with E-state index in [9.17, 15) is 9.90 Å². The SMILES string of the molecule is CC(C)CC(C)(O)c1sccc1NC(=O)OC(C)(C)C. The molecule has 0 radical (unpaired) electrons. The van der Waals surface area contributed by atoms with Crippen molar-refractivity contribution >= 4 is 23.1 Å². The van der Waals surface area contributed by atoms with Gasteiger partial charge in [-0.25, -0.2) is 4.79 Å². The van der Waals surface area contributed by atoms with Crippen LogP contribution in [0.4, 0.5) is 10.5 Å². The van der Waals surface area contributed by atoms with Gasteiger partial charge in [-0.05, 0) is 51.5 Å². The molecule has 1 aromatic heterocycles. The molecule has 0 spiro atoms. The fourth-order valence-corrected chi connectivity index (χ4v) is 3.05. The number of carbonyl (C=O) groups is 1. The van der Waals surface area contributed by atoms with E-state index in [0.29, 0.717) is 18.0 Å². The van der Waals surface area contributed by atoms with Crippen molar-refractivity contribution in [2.45, 2.75) is 59.2 Å². The Hall–Kier alpha value is -1.07. The predicted octanol–water partition coefficient (Wildman–Crippen LogP) is 4.35. The summed E-state index contributed by atoms with van der Waals surface area (Å²) in [6.07, 6.45) is 0.133. The Labute approximate surface area is 125 Å². The number of nitrogens with one attached hydrogen (secondary N) is 1. The first kappa shape index (κ1) is 17.0. The van der Waals surface area contributed by atoms with Gasteiger partial charge in [0.1, 0.15) is 5.60 Å². The van der Waals surface area contributed by atoms with Gasteiger partial charge in [0.15, 0.2) is 0 Å². The monoisotopic (exact) mass is 299 g/mol. The summed E-state index contributed by atoms with van der Waals surface area (Å²) < 4.78 is 5.23. The van der Waals surface area contributed by atoms with Crippen LogP contribution >= 0.6 is 11.3 Å². The summed E-state index contributed by atoms with van der Waals surface area (Å²) in [5, 5.41) is 15.2. The van der Waals surface area contributed by atoms with Crippen molar-refractivity contribution in [3.05, 3.63) is 16.3 Å². The lowest BCUT2D eigenvalue weighted by Crippen LogP contribution is -2.29. The fraction of sp³-hybridized carbons (Fsp3) is 0.667. The average molecular weight is 299 g/mol. The number of ether oxygens (including phenoxy) is 1. The van der Waals surface area contributed by atoms with Gasteiger partial charge in [-0.1, -0.05) is 13.8 Å². The number of hydrogen-bond acceptors (Lipinski definition) is 4. The standard InChI is InChI=1S/C15H25NO3S/c1-10(2)9-15(6,18)12-11(7-8-20-12)16-13(17)19-14(3,4)5/h7-8,10,18H,9H2,1-6H3,(H,16,17). The number of amides is 1. The van der Waals surface area contributed by atoms with Crippen molar-refractivity contribution in [1.82, 2.24) is 0 Å². The Morgan fingerprint density at radius 3 is 2.50 bits per heavy atom. The van der Waals surface area contributed by atoms with Crippen molar-refractivity contribution in [3.63, 3.8) is 0 Å². The van der Waals surface area contributed by atoms with Crippen molar-refractivity contribution in [2.24, 2.45) is 5.92 Å². The maximum absolute atomic E-state index is 11.8. The average Bonchev–Trinajstić information content (AvgIpc) is 2.60. The molecule has 0 aliphatic heterocycles. The van der Waals surface area contributed by atoms with Gasteiger partial charge in [0.05, 0.1) is 16.2 Å². The molecular formula is C15H25NO3S. The van der Waals surface area contributed by atoms with Gasteiger partial charge in [-0.2, -0.15) is 0 Å². The van der Waals surface area contributed by atoms with Gasteiger partial charge in [-0.15, -0.1) is 11.3 Å². The first-order chi connectivity index (χ1) is 9.01. The molecule has 1 amide bonds. The van der Waals surface area contributed by atoms with Crippen LogP contribution in [0.25, 0.3) is 0 Å². The molecule has 1 aromatic rings. The third-order valence-corrected chi connectivity index (χ3v) is 3.76. The molecule has 1 heterocycles. The molecule has 0 saturated carbocycles. The van der Waals surface area contributed by atoms with E-state index in [4.69, 9.17) is 4.74 Å². The van der Waals surface area contributed by atoms with Gasteiger partial charge in [0.25, 0.3) is 0 Å². The number of rotatable bonds is 4. The highest BCUT2D eigenvalue weighted by Gasteiger charge is 2.29. The Morgan fingerprint density at radius 1 is 1.40 bits per heavy atom. The number of aliphatic hydroxyl groups is 1. The van der Waals surface area contributed by atoms with Crippen LogP contribution in [0, 0.1) is 5.92 Å². The Morgan fingerprint density at radius 2 is 2.00 bits per heavy atom. The van der Waals surface area contributed by atoms with E-state index in [2.05, 4.69) is 19.2 Å². The van der Waals surface area contributed by atoms with Crippen molar-refractivity contribution in [3.8, 4) is 0 Å². The smallest absolute Gasteiger partial charge is 0.412 e. The largest absolute Gasteiger partial charge is 0.444 e. The molecule has 5 heteroatoms. The molecule has 2 N–H and O–H groups in total. The molecule has 0 aromatic carbocycles. The lowest BCUT2D eigenvalue weighted by molar-refractivity contribution is 0.0390. The van der Waals surface area contributed by atoms with Crippen LogP contribution in [-0.4, -0.2) is 16.8 Å². The zero-order valence-electron chi connectivity index (χ0n) is 13.1. The number of thiophene rings is 1. The maximum atomic E-state index is 11.8. The molecule has 0 aliphatic carbocycles. The normalized spacial score (nSPS) is 15.0. The van der Waals surface area contributed by atoms with E-state index in [1.807, 2.05) is 26.2 Å². The van der Waals surface area contributed by atoms with E-state index in [0.717, 1.165) is 4.88 Å². The van der Waals surface area contributed by atoms with Crippen LogP contribution in [0.5, 0.6) is 0 Å². The molecule has 20 heavy (non-hydrogen) atoms. The molecule has 1 unspecified atom stereocenters. The molecule has 0 fully saturated rings. The highest BCUT2D eigenvalue weighted by atomic mass is 32.1. The minimum Gasteiger partial charge on any atom is -0.444 e. The minimum atomic E-state index is -0.952. The molecule has 1 atom stereocenters. The molecule has 114 valence electrons. The van der Waals surface area contributed by atoms with Gasteiger partial charge in [-0.3, -0.25) is 5.32 Å². The summed E-state index contributed by atoms with van der Waals surface area (Å²) >= 11 is 1.44. The zero-order chi connectivity index (χ0) is 15.6. The summed E-state index contributed by atoms with van der Waals surface area (Å²) in [4.78, 5) is 12.6. The topological polar surface area (TPSA) is 58.6 Å². The maximum Gasteiger partial charge on any atom is 0.412 e. The van der Waals surface area contributed by atoms with Gasteiger partial charge in [0.2, 0.25) is 0 Å². The van der Waals surface area contributed by atoms with Gasteiger partial charge >= 0.3 is 6.09 Å². The lowest BCUT2D eigenvalue weighted by atomic mass is 9.92. The van der Waals surface area contributed by atoms with Crippen LogP contribution in [0.15, 0.2) is 11.4 Å². The zero-order valence-corrected chi connectivity index (χ0v) is 13.9. The molecule has 0 aliphatic rings. The first-order valence-electron chi connectivity index (χ1n) is 6.81. The van der Waals surface area contributed by atoms with Crippen molar-refractivity contribution < 1.29 is 14.6 Å². The van der Waals surface area contributed by atoms with Crippen LogP contribution in [0.3, 0.4) is 0 Å². The quantitative estimate of drug-likeness (QED) is 0.869. The van der Waals surface area contributed by atoms with Gasteiger partial charge in [0, 0.05) is 0 Å². The van der Waals surface area contributed by atoms with Gasteiger partial charge < -0.3 is 9.84 Å². The molecule has 0 bridgehead atoms. The van der Waals surface area contributed by atoms with Crippen LogP contribution < -0.4 is 5.32 Å². The van der Waals surface area contributed by atoms with E-state index in [-0.39, 0.29) is 0 Å². The molecule has 0 saturated heterocycles. The summed E-state index contributed by atoms with van der Waals surface area (Å²) in [6.45, 7) is 11.3. The van der Waals surface area contributed by atoms with E-state index >= 15 is 0 Å². The minimum absolute atomic E-state index is 0.362. The molecule has 4 nitrogen and oxygen atoms in total. The number of hydrogen-bond donors (Lipinski definition) is 2. The van der Waals surface area contributed by atoms with Crippen molar-refractivity contribution in [2.75, 3.05) is 5.32 Å². The summed E-state index contributed by atoms with van der Waals surface area (Å²) in [6, 6.07) is 1.79. The van der Waals surface area contributed by atoms with Crippen LogP contribution in [0.1, 0.15) is 52.8 Å². The van der Waals surface area contributed by atoms with E-state index in [1.54, 1.807) is 13.0 Å². The summed E-state index contributed by atoms with van der Waals surface area (Å²) in [5.41, 5.74) is -0.872. The summed E-state index contributed by atoms with van der Waals surface area (Å²) in [7, 11) is 0. The number of carbonyl (C=O) groups excluding carboxylic acids is 1. The molecule has 1 rings (SSSR count). The third kappa shape index (κ3) is 5.13. The predicted molar refractivity (Wildman–Crippen MR) is 83.2 cm³/mol. The van der Waals surface area contributed by atoms with Crippen LogP contribution in [0.2, 0.25) is 0 Å². The van der Waals surface area contributed by atoms with Crippen LogP contribution in [-0.2, 0) is 10.3 Å².